The van der Waals surface area contributed by atoms with E-state index in [4.69, 9.17) is 0 Å². The van der Waals surface area contributed by atoms with E-state index in [9.17, 15) is 9.18 Å². The number of fused-ring (bicyclic) bond motifs is 2. The normalized spacial score (nSPS) is 11.2. The number of amides is 1. The number of nitrogens with zero attached hydrogens (tertiary/aromatic N) is 3. The molecular formula is C22H16FN5O. The Bertz CT molecular complexity index is 1340. The molecule has 0 aliphatic rings. The second-order valence-electron chi connectivity index (χ2n) is 6.77. The summed E-state index contributed by atoms with van der Waals surface area (Å²) in [4.78, 5) is 24.4. The van der Waals surface area contributed by atoms with Crippen LogP contribution in [0.3, 0.4) is 0 Å². The molecule has 6 nitrogen and oxygen atoms in total. The van der Waals surface area contributed by atoms with E-state index in [2.05, 4.69) is 20.3 Å². The molecule has 7 heteroatoms. The van der Waals surface area contributed by atoms with E-state index in [1.54, 1.807) is 36.9 Å². The first-order valence-corrected chi connectivity index (χ1v) is 9.09. The number of rotatable bonds is 4. The molecule has 0 radical (unpaired) electrons. The van der Waals surface area contributed by atoms with Crippen molar-refractivity contribution in [1.82, 2.24) is 19.5 Å². The molecule has 0 bridgehead atoms. The van der Waals surface area contributed by atoms with Gasteiger partial charge in [-0.3, -0.25) is 9.78 Å². The van der Waals surface area contributed by atoms with Gasteiger partial charge in [0.1, 0.15) is 17.2 Å². The summed E-state index contributed by atoms with van der Waals surface area (Å²) in [5.74, 6) is -0.631. The van der Waals surface area contributed by atoms with Gasteiger partial charge in [-0.05, 0) is 54.1 Å². The Labute approximate surface area is 165 Å². The molecule has 142 valence electrons. The average molecular weight is 385 g/mol. The van der Waals surface area contributed by atoms with E-state index in [1.807, 2.05) is 28.8 Å². The lowest BCUT2D eigenvalue weighted by Crippen LogP contribution is -2.17. The van der Waals surface area contributed by atoms with Crippen LogP contribution in [0.2, 0.25) is 0 Å². The quantitative estimate of drug-likeness (QED) is 0.483. The molecule has 0 atom stereocenters. The van der Waals surface area contributed by atoms with Crippen molar-refractivity contribution in [2.45, 2.75) is 6.54 Å². The van der Waals surface area contributed by atoms with Crippen LogP contribution < -0.4 is 5.32 Å². The molecule has 0 spiro atoms. The number of carbonyl (C=O) groups excluding carboxylic acids is 1. The maximum absolute atomic E-state index is 13.9. The number of carbonyl (C=O) groups is 1. The zero-order chi connectivity index (χ0) is 19.8. The number of pyridine rings is 2. The summed E-state index contributed by atoms with van der Waals surface area (Å²) in [6.45, 7) is 0.424. The van der Waals surface area contributed by atoms with Crippen molar-refractivity contribution in [3.05, 3.63) is 90.4 Å². The first kappa shape index (κ1) is 17.1. The standard InChI is InChI=1S/C22H16FN5O/c23-17-2-1-15-10-20(28(19(15)11-17)13-14-3-6-24-7-4-14)22(29)27-18-9-16-5-8-25-21(16)26-12-18/h1-12H,13H2,(H,25,26)(H,27,29). The number of hydrogen-bond donors (Lipinski definition) is 2. The number of hydrogen-bond acceptors (Lipinski definition) is 3. The van der Waals surface area contributed by atoms with Gasteiger partial charge in [0.2, 0.25) is 0 Å². The molecule has 4 aromatic heterocycles. The Balaban J connectivity index is 1.55. The summed E-state index contributed by atoms with van der Waals surface area (Å²) in [5, 5.41) is 4.60. The highest BCUT2D eigenvalue weighted by atomic mass is 19.1. The molecule has 0 unspecified atom stereocenters. The largest absolute Gasteiger partial charge is 0.346 e. The van der Waals surface area contributed by atoms with Gasteiger partial charge < -0.3 is 14.9 Å². The van der Waals surface area contributed by atoms with E-state index >= 15 is 0 Å². The Morgan fingerprint density at radius 2 is 1.93 bits per heavy atom. The van der Waals surface area contributed by atoms with Gasteiger partial charge in [0.15, 0.2) is 0 Å². The highest BCUT2D eigenvalue weighted by Crippen LogP contribution is 2.24. The Kier molecular flexibility index (Phi) is 4.05. The van der Waals surface area contributed by atoms with Gasteiger partial charge in [0.25, 0.3) is 5.91 Å². The van der Waals surface area contributed by atoms with Crippen molar-refractivity contribution in [3.8, 4) is 0 Å². The molecule has 1 amide bonds. The lowest BCUT2D eigenvalue weighted by atomic mass is 10.2. The van der Waals surface area contributed by atoms with Crippen LogP contribution in [0, 0.1) is 5.82 Å². The summed E-state index contributed by atoms with van der Waals surface area (Å²) in [6, 6.07) is 13.8. The van der Waals surface area contributed by atoms with Crippen molar-refractivity contribution in [2.24, 2.45) is 0 Å². The van der Waals surface area contributed by atoms with Gasteiger partial charge in [-0.25, -0.2) is 9.37 Å². The molecule has 5 aromatic rings. The van der Waals surface area contributed by atoms with E-state index in [0.717, 1.165) is 22.0 Å². The van der Waals surface area contributed by atoms with Crippen LogP contribution in [-0.4, -0.2) is 25.4 Å². The third kappa shape index (κ3) is 3.23. The molecule has 29 heavy (non-hydrogen) atoms. The fourth-order valence-corrected chi connectivity index (χ4v) is 3.46. The van der Waals surface area contributed by atoms with Crippen LogP contribution in [0.4, 0.5) is 10.1 Å². The second kappa shape index (κ2) is 6.87. The van der Waals surface area contributed by atoms with Crippen molar-refractivity contribution in [3.63, 3.8) is 0 Å². The van der Waals surface area contributed by atoms with E-state index < -0.39 is 0 Å². The number of benzene rings is 1. The first-order valence-electron chi connectivity index (χ1n) is 9.09. The minimum absolute atomic E-state index is 0.285. The predicted molar refractivity (Wildman–Crippen MR) is 109 cm³/mol. The summed E-state index contributed by atoms with van der Waals surface area (Å²) in [7, 11) is 0. The summed E-state index contributed by atoms with van der Waals surface area (Å²) in [6.07, 6.45) is 6.79. The van der Waals surface area contributed by atoms with Gasteiger partial charge in [-0.1, -0.05) is 0 Å². The van der Waals surface area contributed by atoms with Crippen LogP contribution in [0.5, 0.6) is 0 Å². The highest BCUT2D eigenvalue weighted by molar-refractivity contribution is 6.07. The van der Waals surface area contributed by atoms with Crippen LogP contribution in [0.1, 0.15) is 16.1 Å². The fraction of sp³-hybridized carbons (Fsp3) is 0.0455. The van der Waals surface area contributed by atoms with E-state index in [0.29, 0.717) is 23.4 Å². The minimum Gasteiger partial charge on any atom is -0.346 e. The predicted octanol–water partition coefficient (Wildman–Crippen LogP) is 4.35. The zero-order valence-electron chi connectivity index (χ0n) is 15.3. The number of anilines is 1. The lowest BCUT2D eigenvalue weighted by molar-refractivity contribution is 0.101. The van der Waals surface area contributed by atoms with Crippen LogP contribution >= 0.6 is 0 Å². The van der Waals surface area contributed by atoms with Crippen molar-refractivity contribution in [1.29, 1.82) is 0 Å². The maximum atomic E-state index is 13.9. The third-order valence-electron chi connectivity index (χ3n) is 4.85. The Hall–Kier alpha value is -4.00. The van der Waals surface area contributed by atoms with Gasteiger partial charge in [0, 0.05) is 35.9 Å². The summed E-state index contributed by atoms with van der Waals surface area (Å²) >= 11 is 0. The zero-order valence-corrected chi connectivity index (χ0v) is 15.3. The number of aromatic amines is 1. The molecule has 0 fully saturated rings. The Morgan fingerprint density at radius 3 is 2.79 bits per heavy atom. The molecule has 0 aliphatic heterocycles. The highest BCUT2D eigenvalue weighted by Gasteiger charge is 2.17. The van der Waals surface area contributed by atoms with E-state index in [-0.39, 0.29) is 11.7 Å². The molecule has 0 aliphatic carbocycles. The number of aromatic nitrogens is 4. The van der Waals surface area contributed by atoms with E-state index in [1.165, 1.54) is 12.1 Å². The van der Waals surface area contributed by atoms with Crippen LogP contribution in [0.25, 0.3) is 21.9 Å². The smallest absolute Gasteiger partial charge is 0.272 e. The molecule has 5 rings (SSSR count). The molecule has 2 N–H and O–H groups in total. The van der Waals surface area contributed by atoms with Gasteiger partial charge in [-0.2, -0.15) is 0 Å². The lowest BCUT2D eigenvalue weighted by Gasteiger charge is -2.11. The molecule has 0 saturated carbocycles. The average Bonchev–Trinajstić information content (AvgIpc) is 3.33. The minimum atomic E-state index is -0.347. The van der Waals surface area contributed by atoms with Crippen molar-refractivity contribution in [2.75, 3.05) is 5.32 Å². The Morgan fingerprint density at radius 1 is 1.07 bits per heavy atom. The topological polar surface area (TPSA) is 75.6 Å². The van der Waals surface area contributed by atoms with Crippen molar-refractivity contribution >= 4 is 33.5 Å². The number of nitrogens with one attached hydrogen (secondary N) is 2. The molecule has 1 aromatic carbocycles. The van der Waals surface area contributed by atoms with Crippen LogP contribution in [-0.2, 0) is 6.54 Å². The summed E-state index contributed by atoms with van der Waals surface area (Å²) in [5.41, 5.74) is 3.41. The fourth-order valence-electron chi connectivity index (χ4n) is 3.46. The molecular weight excluding hydrogens is 369 g/mol. The first-order chi connectivity index (χ1) is 14.2. The van der Waals surface area contributed by atoms with Gasteiger partial charge >= 0.3 is 0 Å². The SMILES string of the molecule is O=C(Nc1cnc2[nH]ccc2c1)c1cc2ccc(F)cc2n1Cc1ccncc1. The third-order valence-corrected chi connectivity index (χ3v) is 4.85. The monoisotopic (exact) mass is 385 g/mol. The van der Waals surface area contributed by atoms with Crippen molar-refractivity contribution < 1.29 is 9.18 Å². The van der Waals surface area contributed by atoms with Crippen LogP contribution in [0.15, 0.2) is 73.3 Å². The van der Waals surface area contributed by atoms with Gasteiger partial charge in [0.05, 0.1) is 17.4 Å². The second-order valence-corrected chi connectivity index (χ2v) is 6.77. The summed E-state index contributed by atoms with van der Waals surface area (Å²) < 4.78 is 15.7. The van der Waals surface area contributed by atoms with Gasteiger partial charge in [-0.15, -0.1) is 0 Å². The molecule has 0 saturated heterocycles. The number of halogens is 1. The maximum Gasteiger partial charge on any atom is 0.272 e. The number of H-pyrrole nitrogens is 1. The molecule has 4 heterocycles.